The number of aromatic amines is 2. The number of benzene rings is 1. The minimum absolute atomic E-state index is 0.168. The fraction of sp³-hybridized carbons (Fsp3) is 0. The number of thiazole rings is 1. The van der Waals surface area contributed by atoms with Gasteiger partial charge in [0.15, 0.2) is 0 Å². The van der Waals surface area contributed by atoms with E-state index in [9.17, 15) is 4.79 Å². The van der Waals surface area contributed by atoms with Gasteiger partial charge >= 0.3 is 0 Å². The van der Waals surface area contributed by atoms with Crippen LogP contribution in [0.4, 0.5) is 5.13 Å². The quantitative estimate of drug-likeness (QED) is 0.394. The summed E-state index contributed by atoms with van der Waals surface area (Å²) in [4.78, 5) is 23.2. The predicted molar refractivity (Wildman–Crippen MR) is 89.4 cm³/mol. The first-order valence-corrected chi connectivity index (χ1v) is 7.63. The molecule has 0 saturated carbocycles. The van der Waals surface area contributed by atoms with Crippen molar-refractivity contribution in [2.45, 2.75) is 0 Å². The van der Waals surface area contributed by atoms with E-state index in [1.807, 2.05) is 23.6 Å². The molecule has 3 N–H and O–H groups in total. The Morgan fingerprint density at radius 1 is 1.35 bits per heavy atom. The lowest BCUT2D eigenvalue weighted by atomic mass is 10.2. The van der Waals surface area contributed by atoms with E-state index in [2.05, 4.69) is 30.6 Å². The molecule has 0 saturated heterocycles. The van der Waals surface area contributed by atoms with Gasteiger partial charge in [0.1, 0.15) is 0 Å². The zero-order valence-electron chi connectivity index (χ0n) is 11.7. The predicted octanol–water partition coefficient (Wildman–Crippen LogP) is 1.94. The lowest BCUT2D eigenvalue weighted by Crippen LogP contribution is -2.14. The molecule has 9 heteroatoms. The molecule has 23 heavy (non-hydrogen) atoms. The summed E-state index contributed by atoms with van der Waals surface area (Å²) in [6.07, 6.45) is 4.98. The number of hydrazone groups is 1. The molecule has 0 bridgehead atoms. The number of nitrogens with zero attached hydrogens (tertiary/aromatic N) is 4. The van der Waals surface area contributed by atoms with Gasteiger partial charge in [-0.1, -0.05) is 6.07 Å². The second-order valence-electron chi connectivity index (χ2n) is 4.68. The molecule has 0 radical (unpaired) electrons. The topological polar surface area (TPSA) is 104 Å². The van der Waals surface area contributed by atoms with Crippen molar-refractivity contribution in [1.82, 2.24) is 24.7 Å². The lowest BCUT2D eigenvalue weighted by Gasteiger charge is -1.94. The maximum Gasteiger partial charge on any atom is 0.273 e. The van der Waals surface area contributed by atoms with Gasteiger partial charge in [0, 0.05) is 23.8 Å². The first-order chi connectivity index (χ1) is 11.3. The Bertz CT molecular complexity index is 1020. The highest BCUT2D eigenvalue weighted by atomic mass is 32.1. The van der Waals surface area contributed by atoms with Crippen LogP contribution in [0.1, 0.15) is 5.56 Å². The molecule has 8 nitrogen and oxygen atoms in total. The molecule has 4 rings (SSSR count). The van der Waals surface area contributed by atoms with E-state index in [1.165, 1.54) is 22.1 Å². The molecule has 3 heterocycles. The maximum atomic E-state index is 11.7. The number of anilines is 1. The number of hydrogen-bond acceptors (Lipinski definition) is 6. The van der Waals surface area contributed by atoms with Crippen molar-refractivity contribution in [3.05, 3.63) is 58.0 Å². The Hall–Kier alpha value is -3.20. The van der Waals surface area contributed by atoms with Crippen molar-refractivity contribution in [2.75, 3.05) is 5.43 Å². The van der Waals surface area contributed by atoms with Gasteiger partial charge in [-0.25, -0.2) is 9.97 Å². The van der Waals surface area contributed by atoms with Crippen LogP contribution in [0.25, 0.3) is 17.0 Å². The number of nitrogens with one attached hydrogen (secondary N) is 3. The molecular formula is C14H11N7OS. The minimum Gasteiger partial charge on any atom is -0.322 e. The average Bonchev–Trinajstić information content (AvgIpc) is 3.26. The number of fused-ring (bicyclic) bond motifs is 1. The van der Waals surface area contributed by atoms with Gasteiger partial charge in [-0.3, -0.25) is 15.3 Å². The minimum atomic E-state index is -0.168. The van der Waals surface area contributed by atoms with Crippen LogP contribution >= 0.6 is 11.3 Å². The molecule has 0 aliphatic rings. The second kappa shape index (κ2) is 5.54. The van der Waals surface area contributed by atoms with Crippen LogP contribution in [0.3, 0.4) is 0 Å². The summed E-state index contributed by atoms with van der Waals surface area (Å²) in [6, 6.07) is 7.12. The Labute approximate surface area is 133 Å². The molecule has 4 aromatic rings. The summed E-state index contributed by atoms with van der Waals surface area (Å²) in [6.45, 7) is 0. The van der Waals surface area contributed by atoms with E-state index < -0.39 is 0 Å². The van der Waals surface area contributed by atoms with Crippen molar-refractivity contribution in [3.63, 3.8) is 0 Å². The highest BCUT2D eigenvalue weighted by molar-refractivity contribution is 7.13. The van der Waals surface area contributed by atoms with E-state index in [0.717, 1.165) is 21.7 Å². The van der Waals surface area contributed by atoms with E-state index in [0.29, 0.717) is 5.95 Å². The van der Waals surface area contributed by atoms with Crippen LogP contribution in [0.2, 0.25) is 0 Å². The van der Waals surface area contributed by atoms with E-state index >= 15 is 0 Å². The van der Waals surface area contributed by atoms with Crippen LogP contribution in [-0.4, -0.2) is 30.9 Å². The van der Waals surface area contributed by atoms with Gasteiger partial charge in [0.05, 0.1) is 17.2 Å². The van der Waals surface area contributed by atoms with E-state index in [1.54, 1.807) is 18.6 Å². The lowest BCUT2D eigenvalue weighted by molar-refractivity contribution is 0.802. The highest BCUT2D eigenvalue weighted by Gasteiger charge is 2.07. The normalized spacial score (nSPS) is 11.5. The average molecular weight is 325 g/mol. The third-order valence-corrected chi connectivity index (χ3v) is 3.84. The molecule has 0 spiro atoms. The van der Waals surface area contributed by atoms with Gasteiger partial charge < -0.3 is 4.98 Å². The maximum absolute atomic E-state index is 11.7. The van der Waals surface area contributed by atoms with Crippen LogP contribution in [-0.2, 0) is 0 Å². The molecule has 3 aromatic heterocycles. The zero-order valence-corrected chi connectivity index (χ0v) is 12.5. The molecule has 0 amide bonds. The molecule has 0 aliphatic carbocycles. The van der Waals surface area contributed by atoms with E-state index in [-0.39, 0.29) is 5.56 Å². The summed E-state index contributed by atoms with van der Waals surface area (Å²) in [5, 5.41) is 9.56. The molecule has 114 valence electrons. The Morgan fingerprint density at radius 2 is 2.30 bits per heavy atom. The number of hydrogen-bond donors (Lipinski definition) is 3. The third kappa shape index (κ3) is 2.64. The van der Waals surface area contributed by atoms with Gasteiger partial charge in [0.2, 0.25) is 11.1 Å². The van der Waals surface area contributed by atoms with Gasteiger partial charge in [-0.05, 0) is 17.7 Å². The van der Waals surface area contributed by atoms with Crippen LogP contribution in [0.5, 0.6) is 0 Å². The fourth-order valence-electron chi connectivity index (χ4n) is 2.13. The Morgan fingerprint density at radius 3 is 3.09 bits per heavy atom. The standard InChI is InChI=1S/C14H11N7OS/c22-12-3-4-17-21(12)13-18-10-2-1-9(7-11(10)19-13)8-16-20-14-15-5-6-23-14/h1-8,17H,(H,15,20)(H,18,19). The molecule has 0 aliphatic heterocycles. The van der Waals surface area contributed by atoms with Crippen LogP contribution in [0, 0.1) is 0 Å². The smallest absolute Gasteiger partial charge is 0.273 e. The van der Waals surface area contributed by atoms with Crippen molar-refractivity contribution < 1.29 is 0 Å². The van der Waals surface area contributed by atoms with Gasteiger partial charge in [-0.2, -0.15) is 9.78 Å². The molecule has 0 fully saturated rings. The summed E-state index contributed by atoms with van der Waals surface area (Å²) in [5.74, 6) is 0.449. The Kier molecular flexibility index (Phi) is 3.24. The number of H-pyrrole nitrogens is 2. The second-order valence-corrected chi connectivity index (χ2v) is 5.57. The van der Waals surface area contributed by atoms with E-state index in [4.69, 9.17) is 0 Å². The van der Waals surface area contributed by atoms with Crippen molar-refractivity contribution in [2.24, 2.45) is 5.10 Å². The van der Waals surface area contributed by atoms with Gasteiger partial charge in [-0.15, -0.1) is 11.3 Å². The zero-order chi connectivity index (χ0) is 15.6. The number of rotatable bonds is 4. The molecular weight excluding hydrogens is 314 g/mol. The van der Waals surface area contributed by atoms with Crippen molar-refractivity contribution in [3.8, 4) is 5.95 Å². The summed E-state index contributed by atoms with van der Waals surface area (Å²) >= 11 is 1.48. The Balaban J connectivity index is 1.62. The summed E-state index contributed by atoms with van der Waals surface area (Å²) in [5.41, 5.74) is 5.18. The summed E-state index contributed by atoms with van der Waals surface area (Å²) < 4.78 is 1.35. The van der Waals surface area contributed by atoms with Crippen molar-refractivity contribution >= 4 is 33.7 Å². The van der Waals surface area contributed by atoms with Crippen molar-refractivity contribution in [1.29, 1.82) is 0 Å². The largest absolute Gasteiger partial charge is 0.322 e. The fourth-order valence-corrected chi connectivity index (χ4v) is 2.61. The number of aromatic nitrogens is 5. The molecule has 0 atom stereocenters. The SMILES string of the molecule is O=c1cc[nH]n1-c1nc2ccc(C=NNc3nccs3)cc2[nH]1. The monoisotopic (exact) mass is 325 g/mol. The first-order valence-electron chi connectivity index (χ1n) is 6.75. The molecule has 0 unspecified atom stereocenters. The van der Waals surface area contributed by atoms with Crippen LogP contribution in [0.15, 0.2) is 51.9 Å². The first kappa shape index (κ1) is 13.5. The third-order valence-electron chi connectivity index (χ3n) is 3.16. The number of imidazole rings is 1. The van der Waals surface area contributed by atoms with Crippen LogP contribution < -0.4 is 11.0 Å². The molecule has 1 aromatic carbocycles. The highest BCUT2D eigenvalue weighted by Crippen LogP contribution is 2.14. The summed E-state index contributed by atoms with van der Waals surface area (Å²) in [7, 11) is 0. The van der Waals surface area contributed by atoms with Gasteiger partial charge in [0.25, 0.3) is 5.56 Å².